The van der Waals surface area contributed by atoms with Crippen LogP contribution in [-0.4, -0.2) is 119 Å². The van der Waals surface area contributed by atoms with E-state index in [-0.39, 0.29) is 24.7 Å². The zero-order valence-electron chi connectivity index (χ0n) is 41.3. The van der Waals surface area contributed by atoms with Gasteiger partial charge < -0.3 is 53.2 Å². The number of benzene rings is 3. The minimum Gasteiger partial charge on any atom is -0.487 e. The minimum atomic E-state index is -1.86. The predicted molar refractivity (Wildman–Crippen MR) is 272 cm³/mol. The van der Waals surface area contributed by atoms with Gasteiger partial charge in [-0.15, -0.1) is 6.42 Å². The second kappa shape index (κ2) is 22.1. The van der Waals surface area contributed by atoms with Gasteiger partial charge in [-0.05, 0) is 106 Å². The summed E-state index contributed by atoms with van der Waals surface area (Å²) in [5.41, 5.74) is 4.73. The number of hydrogen-bond donors (Lipinski definition) is 2. The van der Waals surface area contributed by atoms with Gasteiger partial charge in [0, 0.05) is 72.6 Å². The van der Waals surface area contributed by atoms with Crippen LogP contribution in [0, 0.1) is 12.3 Å². The Morgan fingerprint density at radius 2 is 1.62 bits per heavy atom. The van der Waals surface area contributed by atoms with Gasteiger partial charge in [-0.1, -0.05) is 32.3 Å². The molecule has 3 aromatic heterocycles. The average Bonchev–Trinajstić information content (AvgIpc) is 3.78. The summed E-state index contributed by atoms with van der Waals surface area (Å²) in [7, 11) is 3.25. The van der Waals surface area contributed by atoms with Crippen molar-refractivity contribution < 1.29 is 43.1 Å². The van der Waals surface area contributed by atoms with Crippen LogP contribution in [-0.2, 0) is 44.2 Å². The first-order valence-electron chi connectivity index (χ1n) is 24.8. The number of aliphatic hydroxyl groups is 1. The number of nitrogens with one attached hydrogen (secondary N) is 1. The number of amides is 1. The van der Waals surface area contributed by atoms with Crippen molar-refractivity contribution in [2.24, 2.45) is 0 Å². The van der Waals surface area contributed by atoms with Gasteiger partial charge in [-0.2, -0.15) is 0 Å². The summed E-state index contributed by atoms with van der Waals surface area (Å²) < 4.78 is 34.5. The van der Waals surface area contributed by atoms with Gasteiger partial charge in [0.05, 0.1) is 47.7 Å². The van der Waals surface area contributed by atoms with Gasteiger partial charge in [-0.25, -0.2) is 24.5 Å². The number of pyridine rings is 2. The third kappa shape index (κ3) is 10.2. The van der Waals surface area contributed by atoms with Crippen LogP contribution >= 0.6 is 0 Å². The number of fused-ring (bicyclic) bond motifs is 6. The highest BCUT2D eigenvalue weighted by atomic mass is 16.6. The van der Waals surface area contributed by atoms with Gasteiger partial charge in [0.25, 0.3) is 5.56 Å². The Balaban J connectivity index is 0.000000193. The zero-order valence-corrected chi connectivity index (χ0v) is 41.3. The third-order valence-corrected chi connectivity index (χ3v) is 14.0. The van der Waals surface area contributed by atoms with Gasteiger partial charge in [0.2, 0.25) is 0 Å². The summed E-state index contributed by atoms with van der Waals surface area (Å²) in [5, 5.41) is 16.1. The van der Waals surface area contributed by atoms with E-state index in [2.05, 4.69) is 33.0 Å². The van der Waals surface area contributed by atoms with E-state index in [0.29, 0.717) is 104 Å². The number of cyclic esters (lactones) is 1. The number of terminal acetylenes is 1. The van der Waals surface area contributed by atoms with E-state index >= 15 is 0 Å². The monoisotopic (exact) mass is 979 g/mol. The lowest BCUT2D eigenvalue weighted by Crippen LogP contribution is -2.48. The molecule has 4 aliphatic rings. The molecule has 1 amide bonds. The number of anilines is 2. The van der Waals surface area contributed by atoms with Crippen LogP contribution < -0.4 is 25.1 Å². The highest BCUT2D eigenvalue weighted by Gasteiger charge is 2.45. The molecule has 3 aromatic carbocycles. The Hall–Kier alpha value is -7.10. The number of carbonyl (C=O) groups is 2. The lowest BCUT2D eigenvalue weighted by molar-refractivity contribution is -0.172. The highest BCUT2D eigenvalue weighted by Crippen LogP contribution is 2.41. The van der Waals surface area contributed by atoms with E-state index < -0.39 is 11.6 Å². The van der Waals surface area contributed by atoms with Crippen LogP contribution in [0.15, 0.2) is 71.8 Å². The molecule has 7 heterocycles. The second-order valence-electron chi connectivity index (χ2n) is 18.3. The molecule has 72 heavy (non-hydrogen) atoms. The molecule has 0 aliphatic carbocycles. The molecular formula is C55H61N7O10. The lowest BCUT2D eigenvalue weighted by atomic mass is 9.86. The largest absolute Gasteiger partial charge is 0.487 e. The standard InChI is InChI=1S/C33H38N4O6.C22H23N3O4/c1-3-22-23-16-21(43-32(40)36-14-10-20(11-15-36)35-12-6-5-7-13-35)8-9-27(23)34-29-24(22)18-37-28(29)17-26-25(30(37)38)19-42-31(39)33(26,41)4-2;1-4-16-6-5-7-17(12-16)25-22-18-13-20(28-10-8-26-2)21(29-11-9-27-3)14-19(18)23-15-24-22/h8-9,16-17,20,41H,3-7,10-15,18-19H2,1-2H3;1,5-7,12-15H,8-11H2,2-3H3,(H,23,24,25)/t33-;/m0./s1. The van der Waals surface area contributed by atoms with E-state index in [0.717, 1.165) is 57.0 Å². The highest BCUT2D eigenvalue weighted by molar-refractivity contribution is 5.93. The van der Waals surface area contributed by atoms with Crippen molar-refractivity contribution in [1.29, 1.82) is 0 Å². The first kappa shape index (κ1) is 49.9. The van der Waals surface area contributed by atoms with Crippen LogP contribution in [0.2, 0.25) is 0 Å². The number of esters is 1. The molecule has 10 rings (SSSR count). The van der Waals surface area contributed by atoms with Crippen LogP contribution in [0.1, 0.15) is 80.2 Å². The maximum absolute atomic E-state index is 13.6. The average molecular weight is 980 g/mol. The number of hydrogen-bond acceptors (Lipinski definition) is 15. The molecule has 4 aliphatic heterocycles. The molecule has 0 spiro atoms. The molecule has 2 N–H and O–H groups in total. The number of methoxy groups -OCH3 is 2. The fourth-order valence-corrected chi connectivity index (χ4v) is 10.2. The Kier molecular flexibility index (Phi) is 15.3. The van der Waals surface area contributed by atoms with E-state index in [1.54, 1.807) is 37.8 Å². The van der Waals surface area contributed by atoms with Crippen molar-refractivity contribution in [3.8, 4) is 41.0 Å². The molecule has 2 saturated heterocycles. The molecule has 17 heteroatoms. The molecule has 6 aromatic rings. The molecule has 0 unspecified atom stereocenters. The van der Waals surface area contributed by atoms with Crippen molar-refractivity contribution in [2.75, 3.05) is 72.1 Å². The van der Waals surface area contributed by atoms with Crippen molar-refractivity contribution in [2.45, 2.75) is 83.6 Å². The number of piperidine rings is 2. The van der Waals surface area contributed by atoms with Crippen LogP contribution in [0.5, 0.6) is 17.2 Å². The SMILES string of the molecule is C#Cc1cccc(Nc2ncnc3cc(OCCOC)c(OCCOC)cc23)c1.CCc1c2c(nc3ccc(OC(=O)N4CCC(N5CCCCC5)CC4)cc13)-c1cc3c(c(=O)n1C2)COC(=O)[C@]3(O)CC. The Morgan fingerprint density at radius 3 is 2.33 bits per heavy atom. The number of rotatable bonds is 14. The maximum Gasteiger partial charge on any atom is 0.415 e. The molecular weight excluding hydrogens is 919 g/mol. The van der Waals surface area contributed by atoms with Gasteiger partial charge in [-0.3, -0.25) is 4.79 Å². The zero-order chi connectivity index (χ0) is 50.4. The van der Waals surface area contributed by atoms with E-state index in [1.165, 1.54) is 38.7 Å². The minimum absolute atomic E-state index is 0.0951. The summed E-state index contributed by atoms with van der Waals surface area (Å²) in [6.45, 7) is 9.37. The van der Waals surface area contributed by atoms with Gasteiger partial charge in [0.1, 0.15) is 37.7 Å². The van der Waals surface area contributed by atoms with Gasteiger partial charge >= 0.3 is 12.1 Å². The lowest BCUT2D eigenvalue weighted by Gasteiger charge is -2.39. The fraction of sp³-hybridized carbons (Fsp3) is 0.418. The Morgan fingerprint density at radius 1 is 0.875 bits per heavy atom. The van der Waals surface area contributed by atoms with Crippen molar-refractivity contribution >= 4 is 45.4 Å². The van der Waals surface area contributed by atoms with Crippen LogP contribution in [0.4, 0.5) is 16.3 Å². The summed E-state index contributed by atoms with van der Waals surface area (Å²) in [5.74, 6) is 4.18. The second-order valence-corrected chi connectivity index (χ2v) is 18.3. The number of nitrogens with zero attached hydrogens (tertiary/aromatic N) is 6. The van der Waals surface area contributed by atoms with E-state index in [1.807, 2.05) is 53.4 Å². The molecule has 376 valence electrons. The number of carbonyl (C=O) groups excluding carboxylic acids is 2. The molecule has 2 fully saturated rings. The first-order chi connectivity index (χ1) is 35.1. The van der Waals surface area contributed by atoms with E-state index in [9.17, 15) is 19.5 Å². The Labute approximate surface area is 418 Å². The van der Waals surface area contributed by atoms with E-state index in [4.69, 9.17) is 39.8 Å². The summed E-state index contributed by atoms with van der Waals surface area (Å²) in [6, 6.07) is 19.0. The summed E-state index contributed by atoms with van der Waals surface area (Å²) >= 11 is 0. The molecule has 0 radical (unpaired) electrons. The smallest absolute Gasteiger partial charge is 0.415 e. The van der Waals surface area contributed by atoms with Crippen molar-refractivity contribution in [1.82, 2.24) is 29.3 Å². The van der Waals surface area contributed by atoms with Gasteiger partial charge in [0.15, 0.2) is 17.1 Å². The Bertz CT molecular complexity index is 3080. The fourth-order valence-electron chi connectivity index (χ4n) is 10.2. The van der Waals surface area contributed by atoms with Crippen LogP contribution in [0.25, 0.3) is 33.2 Å². The number of ether oxygens (including phenoxy) is 6. The normalized spacial score (nSPS) is 17.5. The van der Waals surface area contributed by atoms with Crippen LogP contribution in [0.3, 0.4) is 0 Å². The number of aryl methyl sites for hydroxylation is 1. The predicted octanol–water partition coefficient (Wildman–Crippen LogP) is 7.50. The number of aromatic nitrogens is 4. The topological polar surface area (TPSA) is 189 Å². The summed E-state index contributed by atoms with van der Waals surface area (Å²) in [6.07, 6.45) is 13.3. The molecule has 17 nitrogen and oxygen atoms in total. The third-order valence-electron chi connectivity index (χ3n) is 14.0. The summed E-state index contributed by atoms with van der Waals surface area (Å²) in [4.78, 5) is 57.3. The van der Waals surface area contributed by atoms with Crippen molar-refractivity contribution in [3.63, 3.8) is 0 Å². The first-order valence-corrected chi connectivity index (χ1v) is 24.8. The van der Waals surface area contributed by atoms with Crippen molar-refractivity contribution in [3.05, 3.63) is 105 Å². The molecule has 0 bridgehead atoms. The molecule has 0 saturated carbocycles. The quantitative estimate of drug-likeness (QED) is 0.0619. The maximum atomic E-state index is 13.6. The number of likely N-dealkylation sites (tertiary alicyclic amines) is 2. The molecule has 1 atom stereocenters.